The van der Waals surface area contributed by atoms with Gasteiger partial charge in [0.25, 0.3) is 5.91 Å². The maximum Gasteiger partial charge on any atom is 0.283 e. The fraction of sp³-hybridized carbons (Fsp3) is 0.167. The van der Waals surface area contributed by atoms with Gasteiger partial charge in [0.05, 0.1) is 5.56 Å². The highest BCUT2D eigenvalue weighted by Crippen LogP contribution is 2.15. The molecule has 1 aromatic heterocycles. The van der Waals surface area contributed by atoms with E-state index in [4.69, 9.17) is 0 Å². The summed E-state index contributed by atoms with van der Waals surface area (Å²) in [7, 11) is 0. The van der Waals surface area contributed by atoms with Crippen LogP contribution in [0.15, 0.2) is 60.2 Å². The number of amidine groups is 1. The molecule has 0 atom stereocenters. The number of aromatic nitrogens is 1. The first-order valence-corrected chi connectivity index (χ1v) is 8.81. The second-order valence-electron chi connectivity index (χ2n) is 4.98. The maximum atomic E-state index is 13.0. The third kappa shape index (κ3) is 5.72. The van der Waals surface area contributed by atoms with Gasteiger partial charge in [0.1, 0.15) is 11.6 Å². The molecule has 0 unspecified atom stereocenters. The highest BCUT2D eigenvalue weighted by Gasteiger charge is 2.12. The van der Waals surface area contributed by atoms with Gasteiger partial charge in [-0.15, -0.1) is 6.58 Å². The van der Waals surface area contributed by atoms with Crippen LogP contribution >= 0.6 is 11.8 Å². The van der Waals surface area contributed by atoms with Crippen molar-refractivity contribution in [3.63, 3.8) is 0 Å². The summed E-state index contributed by atoms with van der Waals surface area (Å²) in [6, 6.07) is 9.48. The smallest absolute Gasteiger partial charge is 0.283 e. The SMILES string of the molecule is C=CCNC(=NC(=O)c1cccnc1NCc1ccc(F)cc1)SC. The number of nitrogens with one attached hydrogen (secondary N) is 2. The molecule has 0 saturated heterocycles. The van der Waals surface area contributed by atoms with Crippen LogP contribution in [0.1, 0.15) is 15.9 Å². The highest BCUT2D eigenvalue weighted by molar-refractivity contribution is 8.13. The van der Waals surface area contributed by atoms with E-state index in [1.807, 2.05) is 6.26 Å². The van der Waals surface area contributed by atoms with Gasteiger partial charge < -0.3 is 10.6 Å². The van der Waals surface area contributed by atoms with Gasteiger partial charge in [-0.2, -0.15) is 4.99 Å². The molecule has 5 nitrogen and oxygen atoms in total. The molecule has 2 aromatic rings. The Balaban J connectivity index is 2.13. The summed E-state index contributed by atoms with van der Waals surface area (Å²) in [5, 5.41) is 6.61. The number of amides is 1. The van der Waals surface area contributed by atoms with Crippen LogP contribution in [0, 0.1) is 5.82 Å². The zero-order valence-corrected chi connectivity index (χ0v) is 14.6. The number of nitrogens with zero attached hydrogens (tertiary/aromatic N) is 2. The van der Waals surface area contributed by atoms with Crippen molar-refractivity contribution in [1.82, 2.24) is 10.3 Å². The molecule has 1 aromatic carbocycles. The molecule has 0 bridgehead atoms. The van der Waals surface area contributed by atoms with E-state index < -0.39 is 5.91 Å². The van der Waals surface area contributed by atoms with Crippen molar-refractivity contribution in [2.75, 3.05) is 18.1 Å². The lowest BCUT2D eigenvalue weighted by atomic mass is 10.2. The molecule has 25 heavy (non-hydrogen) atoms. The van der Waals surface area contributed by atoms with Crippen molar-refractivity contribution in [3.05, 3.63) is 72.2 Å². The van der Waals surface area contributed by atoms with Gasteiger partial charge in [0.2, 0.25) is 0 Å². The van der Waals surface area contributed by atoms with E-state index in [1.165, 1.54) is 23.9 Å². The Hall–Kier alpha value is -2.67. The van der Waals surface area contributed by atoms with Gasteiger partial charge in [-0.1, -0.05) is 30.0 Å². The minimum Gasteiger partial charge on any atom is -0.365 e. The molecule has 1 amide bonds. The lowest BCUT2D eigenvalue weighted by Crippen LogP contribution is -2.21. The number of thioether (sulfide) groups is 1. The summed E-state index contributed by atoms with van der Waals surface area (Å²) in [5.41, 5.74) is 1.25. The third-order valence-corrected chi connectivity index (χ3v) is 3.83. The summed E-state index contributed by atoms with van der Waals surface area (Å²) in [6.07, 6.45) is 5.12. The fourth-order valence-corrected chi connectivity index (χ4v) is 2.38. The lowest BCUT2D eigenvalue weighted by Gasteiger charge is -2.10. The molecule has 2 N–H and O–H groups in total. The zero-order valence-electron chi connectivity index (χ0n) is 13.8. The quantitative estimate of drug-likeness (QED) is 0.470. The Bertz CT molecular complexity index is 762. The standard InChI is InChI=1S/C18H19FN4OS/c1-3-10-21-18(25-2)23-17(24)15-5-4-11-20-16(15)22-12-13-6-8-14(19)9-7-13/h3-9,11H,1,10,12H2,2H3,(H,20,22)(H,21,23,24). The maximum absolute atomic E-state index is 13.0. The molecule has 0 radical (unpaired) electrons. The Morgan fingerprint density at radius 2 is 2.12 bits per heavy atom. The number of carbonyl (C=O) groups is 1. The molecule has 1 heterocycles. The van der Waals surface area contributed by atoms with Crippen molar-refractivity contribution in [2.24, 2.45) is 4.99 Å². The first-order chi connectivity index (χ1) is 12.1. The Morgan fingerprint density at radius 1 is 1.36 bits per heavy atom. The molecule has 0 fully saturated rings. The van der Waals surface area contributed by atoms with Crippen LogP contribution in [0.25, 0.3) is 0 Å². The number of rotatable bonds is 6. The molecule has 0 spiro atoms. The highest BCUT2D eigenvalue weighted by atomic mass is 32.2. The van der Waals surface area contributed by atoms with Crippen LogP contribution < -0.4 is 10.6 Å². The van der Waals surface area contributed by atoms with Crippen LogP contribution in [0.3, 0.4) is 0 Å². The van der Waals surface area contributed by atoms with Gasteiger partial charge in [0, 0.05) is 19.3 Å². The largest absolute Gasteiger partial charge is 0.365 e. The van der Waals surface area contributed by atoms with Gasteiger partial charge in [0.15, 0.2) is 5.17 Å². The number of carbonyl (C=O) groups excluding carboxylic acids is 1. The second-order valence-corrected chi connectivity index (χ2v) is 5.77. The van der Waals surface area contributed by atoms with Crippen molar-refractivity contribution in [3.8, 4) is 0 Å². The van der Waals surface area contributed by atoms with Crippen LogP contribution in [-0.4, -0.2) is 28.9 Å². The summed E-state index contributed by atoms with van der Waals surface area (Å²) in [6.45, 7) is 4.57. The fourth-order valence-electron chi connectivity index (χ4n) is 1.98. The van der Waals surface area contributed by atoms with Crippen LogP contribution in [0.5, 0.6) is 0 Å². The van der Waals surface area contributed by atoms with Crippen LogP contribution in [0.2, 0.25) is 0 Å². The van der Waals surface area contributed by atoms with Crippen LogP contribution in [-0.2, 0) is 6.54 Å². The van der Waals surface area contributed by atoms with E-state index in [1.54, 1.807) is 36.5 Å². The summed E-state index contributed by atoms with van der Waals surface area (Å²) >= 11 is 1.34. The molecule has 0 aliphatic carbocycles. The number of hydrogen-bond acceptors (Lipinski definition) is 4. The predicted molar refractivity (Wildman–Crippen MR) is 101 cm³/mol. The first kappa shape index (κ1) is 18.7. The van der Waals surface area contributed by atoms with E-state index in [0.29, 0.717) is 29.6 Å². The van der Waals surface area contributed by atoms with Crippen molar-refractivity contribution in [1.29, 1.82) is 0 Å². The Morgan fingerprint density at radius 3 is 2.80 bits per heavy atom. The number of benzene rings is 1. The van der Waals surface area contributed by atoms with E-state index in [0.717, 1.165) is 5.56 Å². The minimum absolute atomic E-state index is 0.289. The predicted octanol–water partition coefficient (Wildman–Crippen LogP) is 3.47. The lowest BCUT2D eigenvalue weighted by molar-refractivity contribution is 0.100. The molecule has 0 aliphatic heterocycles. The Kier molecular flexibility index (Phi) is 7.16. The van der Waals surface area contributed by atoms with Crippen molar-refractivity contribution >= 4 is 28.7 Å². The monoisotopic (exact) mass is 358 g/mol. The minimum atomic E-state index is -0.393. The molecule has 0 aliphatic rings. The van der Waals surface area contributed by atoms with Crippen molar-refractivity contribution < 1.29 is 9.18 Å². The Labute approximate surface area is 150 Å². The van der Waals surface area contributed by atoms with E-state index in [2.05, 4.69) is 27.2 Å². The molecule has 7 heteroatoms. The average Bonchev–Trinajstić information content (AvgIpc) is 2.64. The summed E-state index contributed by atoms with van der Waals surface area (Å²) < 4.78 is 13.0. The van der Waals surface area contributed by atoms with Crippen LogP contribution in [0.4, 0.5) is 10.2 Å². The second kappa shape index (κ2) is 9.58. The number of pyridine rings is 1. The van der Waals surface area contributed by atoms with E-state index in [9.17, 15) is 9.18 Å². The molecular formula is C18H19FN4OS. The van der Waals surface area contributed by atoms with Gasteiger partial charge in [-0.25, -0.2) is 9.37 Å². The normalized spacial score (nSPS) is 11.0. The first-order valence-electron chi connectivity index (χ1n) is 7.59. The molecule has 0 saturated carbocycles. The molecular weight excluding hydrogens is 339 g/mol. The zero-order chi connectivity index (χ0) is 18.1. The van der Waals surface area contributed by atoms with Gasteiger partial charge in [-0.05, 0) is 36.1 Å². The number of hydrogen-bond donors (Lipinski definition) is 2. The topological polar surface area (TPSA) is 66.4 Å². The summed E-state index contributed by atoms with van der Waals surface area (Å²) in [4.78, 5) is 20.7. The molecule has 130 valence electrons. The van der Waals surface area contributed by atoms with Gasteiger partial charge >= 0.3 is 0 Å². The average molecular weight is 358 g/mol. The van der Waals surface area contributed by atoms with Crippen molar-refractivity contribution in [2.45, 2.75) is 6.54 Å². The third-order valence-electron chi connectivity index (χ3n) is 3.21. The molecule has 2 rings (SSSR count). The van der Waals surface area contributed by atoms with Gasteiger partial charge in [-0.3, -0.25) is 4.79 Å². The summed E-state index contributed by atoms with van der Waals surface area (Å²) in [5.74, 6) is -0.247. The number of halogens is 1. The number of anilines is 1. The van der Waals surface area contributed by atoms with E-state index in [-0.39, 0.29) is 5.82 Å². The number of aliphatic imine (C=N–C) groups is 1. The van der Waals surface area contributed by atoms with E-state index >= 15 is 0 Å².